The van der Waals surface area contributed by atoms with E-state index in [1.54, 1.807) is 0 Å². The summed E-state index contributed by atoms with van der Waals surface area (Å²) in [7, 11) is -1.41. The maximum Gasteiger partial charge on any atom is 0.338 e. The van der Waals surface area contributed by atoms with Crippen LogP contribution >= 0.6 is 0 Å². The predicted octanol–water partition coefficient (Wildman–Crippen LogP) is 3.14. The lowest BCUT2D eigenvalue weighted by Gasteiger charge is -2.07. The highest BCUT2D eigenvalue weighted by Gasteiger charge is 2.14. The number of aryl methyl sites for hydroxylation is 1. The van der Waals surface area contributed by atoms with Crippen molar-refractivity contribution in [1.82, 2.24) is 0 Å². The molecule has 2 aromatic rings. The number of carboxylic acids is 1. The van der Waals surface area contributed by atoms with Crippen molar-refractivity contribution >= 4 is 16.8 Å². The van der Waals surface area contributed by atoms with Crippen LogP contribution in [-0.4, -0.2) is 15.3 Å². The summed E-state index contributed by atoms with van der Waals surface area (Å²) in [6.07, 6.45) is 0. The van der Waals surface area contributed by atoms with Gasteiger partial charge in [-0.1, -0.05) is 24.3 Å². The third-order valence-electron chi connectivity index (χ3n) is 2.98. The van der Waals surface area contributed by atoms with Crippen molar-refractivity contribution in [2.24, 2.45) is 0 Å². The maximum atomic E-state index is 13.3. The number of hydrogen-bond acceptors (Lipinski definition) is 2. The molecule has 1 unspecified atom stereocenters. The number of carboxylic acid groups (broad SMARTS) is 1. The normalized spacial score (nSPS) is 12.1. The van der Waals surface area contributed by atoms with Gasteiger partial charge in [-0.3, -0.25) is 4.21 Å². The van der Waals surface area contributed by atoms with E-state index in [2.05, 4.69) is 0 Å². The van der Waals surface area contributed by atoms with Crippen molar-refractivity contribution in [3.63, 3.8) is 0 Å². The first-order valence-corrected chi connectivity index (χ1v) is 7.26. The molecule has 0 spiro atoms. The molecule has 0 heterocycles. The molecule has 1 N–H and O–H groups in total. The molecule has 2 rings (SSSR count). The van der Waals surface area contributed by atoms with Crippen molar-refractivity contribution in [2.45, 2.75) is 17.6 Å². The molecule has 0 aliphatic carbocycles. The van der Waals surface area contributed by atoms with Gasteiger partial charge in [-0.25, -0.2) is 9.18 Å². The zero-order valence-electron chi connectivity index (χ0n) is 10.8. The first-order valence-electron chi connectivity index (χ1n) is 5.95. The Morgan fingerprint density at radius 1 is 1.25 bits per heavy atom. The zero-order chi connectivity index (χ0) is 14.7. The summed E-state index contributed by atoms with van der Waals surface area (Å²) in [4.78, 5) is 11.2. The number of carbonyl (C=O) groups is 1. The van der Waals surface area contributed by atoms with Crippen molar-refractivity contribution in [3.05, 3.63) is 65.0 Å². The van der Waals surface area contributed by atoms with Crippen LogP contribution in [0, 0.1) is 12.7 Å². The number of benzene rings is 2. The fourth-order valence-electron chi connectivity index (χ4n) is 1.81. The van der Waals surface area contributed by atoms with Crippen LogP contribution in [0.15, 0.2) is 47.4 Å². The van der Waals surface area contributed by atoms with Gasteiger partial charge in [0.25, 0.3) is 0 Å². The van der Waals surface area contributed by atoms with E-state index in [1.165, 1.54) is 6.07 Å². The van der Waals surface area contributed by atoms with Crippen LogP contribution in [0.4, 0.5) is 4.39 Å². The highest BCUT2D eigenvalue weighted by Crippen LogP contribution is 2.18. The van der Waals surface area contributed by atoms with E-state index in [1.807, 2.05) is 31.2 Å². The number of halogens is 1. The van der Waals surface area contributed by atoms with Crippen LogP contribution in [0.1, 0.15) is 21.5 Å². The van der Waals surface area contributed by atoms with Gasteiger partial charge >= 0.3 is 5.97 Å². The quantitative estimate of drug-likeness (QED) is 0.942. The van der Waals surface area contributed by atoms with Crippen LogP contribution in [0.5, 0.6) is 0 Å². The number of rotatable bonds is 4. The molecular weight excluding hydrogens is 279 g/mol. The molecule has 1 atom stereocenters. The lowest BCUT2D eigenvalue weighted by molar-refractivity contribution is 0.0691. The van der Waals surface area contributed by atoms with Crippen molar-refractivity contribution < 1.29 is 18.5 Å². The van der Waals surface area contributed by atoms with Crippen LogP contribution < -0.4 is 0 Å². The summed E-state index contributed by atoms with van der Waals surface area (Å²) in [5, 5.41) is 8.87. The molecule has 0 saturated heterocycles. The lowest BCUT2D eigenvalue weighted by atomic mass is 10.1. The third kappa shape index (κ3) is 3.11. The van der Waals surface area contributed by atoms with Gasteiger partial charge in [0.2, 0.25) is 0 Å². The Hall–Kier alpha value is -2.01. The molecule has 2 aromatic carbocycles. The van der Waals surface area contributed by atoms with Gasteiger partial charge in [0.1, 0.15) is 5.82 Å². The fraction of sp³-hybridized carbons (Fsp3) is 0.133. The van der Waals surface area contributed by atoms with E-state index in [9.17, 15) is 13.4 Å². The zero-order valence-corrected chi connectivity index (χ0v) is 11.6. The Morgan fingerprint density at radius 3 is 2.60 bits per heavy atom. The molecule has 3 nitrogen and oxygen atoms in total. The van der Waals surface area contributed by atoms with E-state index >= 15 is 0 Å². The van der Waals surface area contributed by atoms with Crippen molar-refractivity contribution in [2.75, 3.05) is 0 Å². The van der Waals surface area contributed by atoms with E-state index in [-0.39, 0.29) is 5.75 Å². The van der Waals surface area contributed by atoms with Gasteiger partial charge in [0.15, 0.2) is 0 Å². The number of hydrogen-bond donors (Lipinski definition) is 1. The first-order chi connectivity index (χ1) is 9.49. The minimum atomic E-state index is -1.41. The molecule has 0 aliphatic rings. The summed E-state index contributed by atoms with van der Waals surface area (Å²) in [6.45, 7) is 1.92. The van der Waals surface area contributed by atoms with Crippen LogP contribution in [0.3, 0.4) is 0 Å². The van der Waals surface area contributed by atoms with Gasteiger partial charge in [-0.05, 0) is 36.2 Å². The summed E-state index contributed by atoms with van der Waals surface area (Å²) in [6, 6.07) is 11.1. The Bertz CT molecular complexity index is 683. The SMILES string of the molecule is Cc1ccccc1CS(=O)c1ccc(F)c(C(=O)O)c1. The van der Waals surface area contributed by atoms with Crippen LogP contribution in [0.2, 0.25) is 0 Å². The van der Waals surface area contributed by atoms with Gasteiger partial charge < -0.3 is 5.11 Å². The Balaban J connectivity index is 2.28. The van der Waals surface area contributed by atoms with Crippen LogP contribution in [0.25, 0.3) is 0 Å². The van der Waals surface area contributed by atoms with Crippen molar-refractivity contribution in [1.29, 1.82) is 0 Å². The minimum absolute atomic E-state index is 0.275. The Kier molecular flexibility index (Phi) is 4.29. The minimum Gasteiger partial charge on any atom is -0.478 e. The first kappa shape index (κ1) is 14.4. The van der Waals surface area contributed by atoms with E-state index in [0.29, 0.717) is 4.90 Å². The summed E-state index contributed by atoms with van der Waals surface area (Å²) in [5.41, 5.74) is 1.48. The second kappa shape index (κ2) is 5.96. The predicted molar refractivity (Wildman–Crippen MR) is 74.7 cm³/mol. The standard InChI is InChI=1S/C15H13FO3S/c1-10-4-2-3-5-11(10)9-20(19)12-6-7-14(16)13(8-12)15(17)18/h2-8H,9H2,1H3,(H,17,18). The second-order valence-corrected chi connectivity index (χ2v) is 5.81. The molecular formula is C15H13FO3S. The molecule has 104 valence electrons. The van der Waals surface area contributed by atoms with E-state index in [4.69, 9.17) is 5.11 Å². The van der Waals surface area contributed by atoms with Gasteiger partial charge in [0.05, 0.1) is 22.1 Å². The highest BCUT2D eigenvalue weighted by molar-refractivity contribution is 7.84. The molecule has 0 saturated carbocycles. The molecule has 0 bridgehead atoms. The fourth-order valence-corrected chi connectivity index (χ4v) is 3.05. The Labute approximate surface area is 118 Å². The van der Waals surface area contributed by atoms with Gasteiger partial charge in [-0.2, -0.15) is 0 Å². The van der Waals surface area contributed by atoms with E-state index in [0.717, 1.165) is 23.3 Å². The van der Waals surface area contributed by atoms with Crippen molar-refractivity contribution in [3.8, 4) is 0 Å². The topological polar surface area (TPSA) is 54.4 Å². The summed E-state index contributed by atoms with van der Waals surface area (Å²) in [5.74, 6) is -1.91. The second-order valence-electron chi connectivity index (χ2n) is 4.36. The molecule has 0 aromatic heterocycles. The largest absolute Gasteiger partial charge is 0.478 e. The van der Waals surface area contributed by atoms with Crippen LogP contribution in [-0.2, 0) is 16.6 Å². The Morgan fingerprint density at radius 2 is 1.95 bits per heavy atom. The smallest absolute Gasteiger partial charge is 0.338 e. The maximum absolute atomic E-state index is 13.3. The average Bonchev–Trinajstić information content (AvgIpc) is 2.41. The monoisotopic (exact) mass is 292 g/mol. The molecule has 20 heavy (non-hydrogen) atoms. The lowest BCUT2D eigenvalue weighted by Crippen LogP contribution is -2.04. The van der Waals surface area contributed by atoms with Gasteiger partial charge in [-0.15, -0.1) is 0 Å². The summed E-state index contributed by atoms with van der Waals surface area (Å²) >= 11 is 0. The molecule has 0 fully saturated rings. The highest BCUT2D eigenvalue weighted by atomic mass is 32.2. The molecule has 0 amide bonds. The molecule has 0 radical (unpaired) electrons. The van der Waals surface area contributed by atoms with Gasteiger partial charge in [0, 0.05) is 4.90 Å². The third-order valence-corrected chi connectivity index (χ3v) is 4.33. The molecule has 0 aliphatic heterocycles. The van der Waals surface area contributed by atoms with E-state index < -0.39 is 28.1 Å². The molecule has 5 heteroatoms. The average molecular weight is 292 g/mol. The number of aromatic carboxylic acids is 1. The summed E-state index contributed by atoms with van der Waals surface area (Å²) < 4.78 is 25.5.